The predicted molar refractivity (Wildman–Crippen MR) is 84.2 cm³/mol. The van der Waals surface area contributed by atoms with Crippen molar-refractivity contribution in [2.45, 2.75) is 6.92 Å². The largest absolute Gasteiger partial charge is 0.320 e. The summed E-state index contributed by atoms with van der Waals surface area (Å²) >= 11 is 1.41. The van der Waals surface area contributed by atoms with E-state index < -0.39 is 0 Å². The summed E-state index contributed by atoms with van der Waals surface area (Å²) in [5, 5.41) is 0. The Morgan fingerprint density at radius 2 is 2.05 bits per heavy atom. The average Bonchev–Trinajstić information content (AvgIpc) is 2.85. The second-order valence-corrected chi connectivity index (χ2v) is 5.38. The van der Waals surface area contributed by atoms with Crippen molar-refractivity contribution in [2.24, 2.45) is 5.73 Å². The predicted octanol–water partition coefficient (Wildman–Crippen LogP) is 2.64. The van der Waals surface area contributed by atoms with Crippen LogP contribution in [0.15, 0.2) is 36.4 Å². The highest BCUT2D eigenvalue weighted by atomic mass is 32.1. The van der Waals surface area contributed by atoms with Crippen molar-refractivity contribution in [3.8, 4) is 11.8 Å². The van der Waals surface area contributed by atoms with Crippen molar-refractivity contribution in [1.82, 2.24) is 0 Å². The molecule has 0 aliphatic rings. The second kappa shape index (κ2) is 6.38. The number of hydrogen-bond donors (Lipinski definition) is 1. The van der Waals surface area contributed by atoms with E-state index in [2.05, 4.69) is 11.8 Å². The maximum absolute atomic E-state index is 12.4. The number of thiophene rings is 1. The Hall–Kier alpha value is -2.09. The van der Waals surface area contributed by atoms with Crippen molar-refractivity contribution in [2.75, 3.05) is 18.5 Å². The summed E-state index contributed by atoms with van der Waals surface area (Å²) in [7, 11) is 1.78. The minimum atomic E-state index is -0.0231. The fourth-order valence-corrected chi connectivity index (χ4v) is 2.80. The number of carbonyl (C=O) groups is 1. The van der Waals surface area contributed by atoms with Crippen LogP contribution in [0.5, 0.6) is 0 Å². The van der Waals surface area contributed by atoms with E-state index in [0.717, 1.165) is 16.1 Å². The summed E-state index contributed by atoms with van der Waals surface area (Å²) in [5.74, 6) is 5.80. The molecule has 2 N–H and O–H groups in total. The Morgan fingerprint density at radius 3 is 2.70 bits per heavy atom. The molecule has 0 bridgehead atoms. The number of benzene rings is 1. The first-order valence-corrected chi connectivity index (χ1v) is 7.07. The van der Waals surface area contributed by atoms with Gasteiger partial charge in [0, 0.05) is 12.7 Å². The SMILES string of the molecule is Cc1cc(C(=O)N(C)c2ccccc2)sc1C#CCN. The molecule has 0 aliphatic carbocycles. The van der Waals surface area contributed by atoms with Gasteiger partial charge in [-0.3, -0.25) is 4.79 Å². The van der Waals surface area contributed by atoms with Crippen LogP contribution >= 0.6 is 11.3 Å². The van der Waals surface area contributed by atoms with E-state index in [1.807, 2.05) is 43.3 Å². The molecule has 4 heteroatoms. The topological polar surface area (TPSA) is 46.3 Å². The van der Waals surface area contributed by atoms with Crippen molar-refractivity contribution >= 4 is 22.9 Å². The third-order valence-electron chi connectivity index (χ3n) is 2.88. The van der Waals surface area contributed by atoms with Gasteiger partial charge in [-0.15, -0.1) is 11.3 Å². The number of para-hydroxylation sites is 1. The Labute approximate surface area is 123 Å². The lowest BCUT2D eigenvalue weighted by atomic mass is 10.2. The van der Waals surface area contributed by atoms with Gasteiger partial charge in [-0.25, -0.2) is 0 Å². The molecule has 1 amide bonds. The van der Waals surface area contributed by atoms with Gasteiger partial charge in [0.2, 0.25) is 0 Å². The number of amides is 1. The van der Waals surface area contributed by atoms with Crippen molar-refractivity contribution in [1.29, 1.82) is 0 Å². The maximum atomic E-state index is 12.4. The minimum Gasteiger partial charge on any atom is -0.320 e. The van der Waals surface area contributed by atoms with Gasteiger partial charge in [0.05, 0.1) is 16.3 Å². The average molecular weight is 284 g/mol. The number of rotatable bonds is 2. The number of nitrogens with zero attached hydrogens (tertiary/aromatic N) is 1. The molecular formula is C16H16N2OS. The molecule has 0 saturated carbocycles. The van der Waals surface area contributed by atoms with Crippen LogP contribution in [0.1, 0.15) is 20.1 Å². The molecule has 0 fully saturated rings. The number of carbonyl (C=O) groups excluding carboxylic acids is 1. The second-order valence-electron chi connectivity index (χ2n) is 4.33. The van der Waals surface area contributed by atoms with Crippen LogP contribution in [-0.4, -0.2) is 19.5 Å². The Kier molecular flexibility index (Phi) is 4.57. The summed E-state index contributed by atoms with van der Waals surface area (Å²) in [4.78, 5) is 15.7. The highest BCUT2D eigenvalue weighted by Crippen LogP contribution is 2.24. The third kappa shape index (κ3) is 3.08. The molecule has 0 atom stereocenters. The van der Waals surface area contributed by atoms with Crippen molar-refractivity contribution in [3.05, 3.63) is 51.7 Å². The Bertz CT molecular complexity index is 665. The molecule has 2 aromatic rings. The number of anilines is 1. The van der Waals surface area contributed by atoms with Gasteiger partial charge in [0.15, 0.2) is 0 Å². The van der Waals surface area contributed by atoms with Crippen molar-refractivity contribution in [3.63, 3.8) is 0 Å². The molecule has 0 saturated heterocycles. The van der Waals surface area contributed by atoms with Gasteiger partial charge in [0.1, 0.15) is 0 Å². The number of aryl methyl sites for hydroxylation is 1. The first-order chi connectivity index (χ1) is 9.63. The molecule has 20 heavy (non-hydrogen) atoms. The van der Waals surface area contributed by atoms with Gasteiger partial charge in [-0.2, -0.15) is 0 Å². The standard InChI is InChI=1S/C16H16N2OS/c1-12-11-15(20-14(12)9-6-10-17)16(19)18(2)13-7-4-3-5-8-13/h3-5,7-8,11H,10,17H2,1-2H3. The molecule has 0 unspecified atom stereocenters. The summed E-state index contributed by atoms with van der Waals surface area (Å²) in [6.07, 6.45) is 0. The lowest BCUT2D eigenvalue weighted by molar-refractivity contribution is 0.0997. The van der Waals surface area contributed by atoms with Crippen LogP contribution in [0.4, 0.5) is 5.69 Å². The number of hydrogen-bond acceptors (Lipinski definition) is 3. The van der Waals surface area contributed by atoms with Gasteiger partial charge in [-0.05, 0) is 30.7 Å². The fourth-order valence-electron chi connectivity index (χ4n) is 1.78. The summed E-state index contributed by atoms with van der Waals surface area (Å²) in [5.41, 5.74) is 7.26. The Balaban J connectivity index is 2.26. The van der Waals surface area contributed by atoms with Gasteiger partial charge >= 0.3 is 0 Å². The van der Waals surface area contributed by atoms with E-state index in [1.165, 1.54) is 11.3 Å². The van der Waals surface area contributed by atoms with E-state index in [4.69, 9.17) is 5.73 Å². The normalized spacial score (nSPS) is 9.75. The van der Waals surface area contributed by atoms with Gasteiger partial charge < -0.3 is 10.6 Å². The first-order valence-electron chi connectivity index (χ1n) is 6.26. The molecule has 0 radical (unpaired) electrons. The lowest BCUT2D eigenvalue weighted by Crippen LogP contribution is -2.25. The quantitative estimate of drug-likeness (QED) is 0.862. The molecule has 0 aliphatic heterocycles. The van der Waals surface area contributed by atoms with Crippen LogP contribution in [-0.2, 0) is 0 Å². The molecule has 1 aromatic heterocycles. The summed E-state index contributed by atoms with van der Waals surface area (Å²) in [6.45, 7) is 2.28. The smallest absolute Gasteiger partial charge is 0.268 e. The van der Waals surface area contributed by atoms with E-state index in [0.29, 0.717) is 11.4 Å². The Morgan fingerprint density at radius 1 is 1.35 bits per heavy atom. The van der Waals surface area contributed by atoms with Gasteiger partial charge in [0.25, 0.3) is 5.91 Å². The zero-order valence-corrected chi connectivity index (χ0v) is 12.3. The highest BCUT2D eigenvalue weighted by Gasteiger charge is 2.16. The van der Waals surface area contributed by atoms with Gasteiger partial charge in [-0.1, -0.05) is 30.0 Å². The number of nitrogens with two attached hydrogens (primary N) is 1. The zero-order chi connectivity index (χ0) is 14.5. The summed E-state index contributed by atoms with van der Waals surface area (Å²) < 4.78 is 0. The maximum Gasteiger partial charge on any atom is 0.268 e. The zero-order valence-electron chi connectivity index (χ0n) is 11.5. The van der Waals surface area contributed by atoms with E-state index in [1.54, 1.807) is 11.9 Å². The van der Waals surface area contributed by atoms with Crippen LogP contribution in [0.3, 0.4) is 0 Å². The highest BCUT2D eigenvalue weighted by molar-refractivity contribution is 7.14. The fraction of sp³-hybridized carbons (Fsp3) is 0.188. The van der Waals surface area contributed by atoms with Crippen molar-refractivity contribution < 1.29 is 4.79 Å². The molecule has 1 aromatic carbocycles. The van der Waals surface area contributed by atoms with Crippen LogP contribution in [0, 0.1) is 18.8 Å². The minimum absolute atomic E-state index is 0.0231. The van der Waals surface area contributed by atoms with Crippen LogP contribution in [0.25, 0.3) is 0 Å². The molecule has 3 nitrogen and oxygen atoms in total. The lowest BCUT2D eigenvalue weighted by Gasteiger charge is -2.15. The molecule has 0 spiro atoms. The third-order valence-corrected chi connectivity index (χ3v) is 4.02. The van der Waals surface area contributed by atoms with Crippen LogP contribution < -0.4 is 10.6 Å². The molecular weight excluding hydrogens is 268 g/mol. The first kappa shape index (κ1) is 14.3. The molecule has 1 heterocycles. The summed E-state index contributed by atoms with van der Waals surface area (Å²) in [6, 6.07) is 11.5. The molecule has 2 rings (SSSR count). The monoisotopic (exact) mass is 284 g/mol. The van der Waals surface area contributed by atoms with E-state index >= 15 is 0 Å². The van der Waals surface area contributed by atoms with Crippen LogP contribution in [0.2, 0.25) is 0 Å². The van der Waals surface area contributed by atoms with E-state index in [9.17, 15) is 4.79 Å². The molecule has 102 valence electrons. The van der Waals surface area contributed by atoms with E-state index in [-0.39, 0.29) is 5.91 Å².